The van der Waals surface area contributed by atoms with Gasteiger partial charge in [0.1, 0.15) is 0 Å². The highest BCUT2D eigenvalue weighted by Crippen LogP contribution is 2.20. The maximum absolute atomic E-state index is 12.2. The van der Waals surface area contributed by atoms with E-state index in [9.17, 15) is 16.8 Å². The van der Waals surface area contributed by atoms with Gasteiger partial charge in [-0.1, -0.05) is 22.0 Å². The fourth-order valence-corrected chi connectivity index (χ4v) is 3.73. The summed E-state index contributed by atoms with van der Waals surface area (Å²) in [4.78, 5) is 0.000279. The van der Waals surface area contributed by atoms with Crippen molar-refractivity contribution in [3.63, 3.8) is 0 Å². The molecule has 0 fully saturated rings. The van der Waals surface area contributed by atoms with E-state index >= 15 is 0 Å². The van der Waals surface area contributed by atoms with Crippen LogP contribution in [0.3, 0.4) is 0 Å². The highest BCUT2D eigenvalue weighted by molar-refractivity contribution is 9.10. The number of primary sulfonamides is 1. The third kappa shape index (κ3) is 4.03. The number of anilines is 1. The van der Waals surface area contributed by atoms with Crippen LogP contribution < -0.4 is 9.86 Å². The molecule has 0 saturated heterocycles. The van der Waals surface area contributed by atoms with Gasteiger partial charge in [0.25, 0.3) is 10.0 Å². The van der Waals surface area contributed by atoms with Gasteiger partial charge in [-0.05, 0) is 42.5 Å². The summed E-state index contributed by atoms with van der Waals surface area (Å²) >= 11 is 3.20. The largest absolute Gasteiger partial charge is 0.280 e. The second-order valence-electron chi connectivity index (χ2n) is 4.13. The molecule has 21 heavy (non-hydrogen) atoms. The number of nitrogens with one attached hydrogen (secondary N) is 1. The normalized spacial score (nSPS) is 12.1. The highest BCUT2D eigenvalue weighted by Gasteiger charge is 2.15. The summed E-state index contributed by atoms with van der Waals surface area (Å²) < 4.78 is 49.6. The number of rotatable bonds is 4. The van der Waals surface area contributed by atoms with Crippen LogP contribution >= 0.6 is 15.9 Å². The molecule has 0 heterocycles. The van der Waals surface area contributed by atoms with Crippen molar-refractivity contribution in [2.24, 2.45) is 5.14 Å². The average molecular weight is 391 g/mol. The maximum atomic E-state index is 12.2. The van der Waals surface area contributed by atoms with E-state index in [0.29, 0.717) is 4.47 Å². The minimum Gasteiger partial charge on any atom is -0.280 e. The summed E-state index contributed by atoms with van der Waals surface area (Å²) in [5.41, 5.74) is 0.238. The minimum absolute atomic E-state index is 0.0899. The SMILES string of the molecule is NS(=O)(=O)c1ccc(NS(=O)(=O)c2cccc(Br)c2)cc1. The van der Waals surface area contributed by atoms with Gasteiger partial charge >= 0.3 is 0 Å². The minimum atomic E-state index is -3.80. The molecule has 9 heteroatoms. The average Bonchev–Trinajstić information content (AvgIpc) is 2.38. The molecule has 2 rings (SSSR count). The third-order valence-electron chi connectivity index (χ3n) is 2.54. The van der Waals surface area contributed by atoms with E-state index in [1.807, 2.05) is 0 Å². The molecule has 112 valence electrons. The van der Waals surface area contributed by atoms with Gasteiger partial charge in [-0.25, -0.2) is 22.0 Å². The summed E-state index contributed by atoms with van der Waals surface area (Å²) in [5.74, 6) is 0. The zero-order valence-electron chi connectivity index (χ0n) is 10.5. The van der Waals surface area contributed by atoms with Crippen LogP contribution in [0.15, 0.2) is 62.8 Å². The Bertz CT molecular complexity index is 862. The van der Waals surface area contributed by atoms with Crippen LogP contribution in [0.4, 0.5) is 5.69 Å². The lowest BCUT2D eigenvalue weighted by atomic mass is 10.3. The molecule has 0 bridgehead atoms. The van der Waals surface area contributed by atoms with Gasteiger partial charge in [-0.2, -0.15) is 0 Å². The molecular weight excluding hydrogens is 380 g/mol. The van der Waals surface area contributed by atoms with Gasteiger partial charge < -0.3 is 0 Å². The van der Waals surface area contributed by atoms with Crippen molar-refractivity contribution < 1.29 is 16.8 Å². The van der Waals surface area contributed by atoms with Gasteiger partial charge in [0, 0.05) is 10.2 Å². The number of benzene rings is 2. The monoisotopic (exact) mass is 390 g/mol. The van der Waals surface area contributed by atoms with Crippen molar-refractivity contribution in [1.82, 2.24) is 0 Å². The van der Waals surface area contributed by atoms with Crippen molar-refractivity contribution in [2.75, 3.05) is 4.72 Å². The van der Waals surface area contributed by atoms with E-state index in [2.05, 4.69) is 20.7 Å². The summed E-state index contributed by atoms with van der Waals surface area (Å²) in [5, 5.41) is 4.97. The molecule has 0 atom stereocenters. The van der Waals surface area contributed by atoms with Gasteiger partial charge in [-0.3, -0.25) is 4.72 Å². The summed E-state index contributed by atoms with van der Waals surface area (Å²) in [7, 11) is -7.55. The summed E-state index contributed by atoms with van der Waals surface area (Å²) in [6.45, 7) is 0. The van der Waals surface area contributed by atoms with Crippen LogP contribution in [0.25, 0.3) is 0 Å². The van der Waals surface area contributed by atoms with Crippen LogP contribution in [0.5, 0.6) is 0 Å². The van der Waals surface area contributed by atoms with E-state index in [-0.39, 0.29) is 15.5 Å². The third-order valence-corrected chi connectivity index (χ3v) is 5.34. The highest BCUT2D eigenvalue weighted by atomic mass is 79.9. The van der Waals surface area contributed by atoms with Gasteiger partial charge in [-0.15, -0.1) is 0 Å². The van der Waals surface area contributed by atoms with Crippen molar-refractivity contribution in [2.45, 2.75) is 9.79 Å². The molecule has 6 nitrogen and oxygen atoms in total. The lowest BCUT2D eigenvalue weighted by Crippen LogP contribution is -2.14. The van der Waals surface area contributed by atoms with Gasteiger partial charge in [0.2, 0.25) is 10.0 Å². The van der Waals surface area contributed by atoms with Crippen LogP contribution in [-0.2, 0) is 20.0 Å². The first-order chi connectivity index (χ1) is 9.68. The molecule has 2 aromatic carbocycles. The zero-order valence-corrected chi connectivity index (χ0v) is 13.7. The molecule has 0 aliphatic carbocycles. The van der Waals surface area contributed by atoms with Crippen LogP contribution in [0, 0.1) is 0 Å². The quantitative estimate of drug-likeness (QED) is 0.830. The molecule has 0 radical (unpaired) electrons. The number of halogens is 1. The second kappa shape index (κ2) is 5.76. The summed E-state index contributed by atoms with van der Waals surface area (Å²) in [6.07, 6.45) is 0. The first-order valence-corrected chi connectivity index (χ1v) is 9.42. The molecule has 0 aliphatic rings. The lowest BCUT2D eigenvalue weighted by Gasteiger charge is -2.08. The number of sulfonamides is 2. The topological polar surface area (TPSA) is 106 Å². The molecule has 0 saturated carbocycles. The van der Waals surface area contributed by atoms with E-state index in [1.54, 1.807) is 12.1 Å². The Labute approximate surface area is 131 Å². The Morgan fingerprint density at radius 1 is 0.905 bits per heavy atom. The van der Waals surface area contributed by atoms with E-state index < -0.39 is 20.0 Å². The van der Waals surface area contributed by atoms with Crippen LogP contribution in [0.2, 0.25) is 0 Å². The van der Waals surface area contributed by atoms with Crippen molar-refractivity contribution in [3.05, 3.63) is 53.0 Å². The van der Waals surface area contributed by atoms with E-state index in [1.165, 1.54) is 36.4 Å². The molecular formula is C12H11BrN2O4S2. The van der Waals surface area contributed by atoms with Gasteiger partial charge in [0.15, 0.2) is 0 Å². The fourth-order valence-electron chi connectivity index (χ4n) is 1.56. The fraction of sp³-hybridized carbons (Fsp3) is 0. The Balaban J connectivity index is 2.29. The van der Waals surface area contributed by atoms with Gasteiger partial charge in [0.05, 0.1) is 9.79 Å². The first-order valence-electron chi connectivity index (χ1n) is 5.60. The first kappa shape index (κ1) is 16.0. The number of hydrogen-bond donors (Lipinski definition) is 2. The van der Waals surface area contributed by atoms with Crippen LogP contribution in [0.1, 0.15) is 0 Å². The number of nitrogens with two attached hydrogens (primary N) is 1. The smallest absolute Gasteiger partial charge is 0.261 e. The number of hydrogen-bond acceptors (Lipinski definition) is 4. The van der Waals surface area contributed by atoms with Crippen molar-refractivity contribution in [1.29, 1.82) is 0 Å². The molecule has 0 spiro atoms. The summed E-state index contributed by atoms with van der Waals surface area (Å²) in [6, 6.07) is 11.3. The molecule has 0 amide bonds. The van der Waals surface area contributed by atoms with Crippen molar-refractivity contribution >= 4 is 41.7 Å². The Morgan fingerprint density at radius 2 is 1.52 bits per heavy atom. The molecule has 2 aromatic rings. The Kier molecular flexibility index (Phi) is 4.38. The lowest BCUT2D eigenvalue weighted by molar-refractivity contribution is 0.597. The second-order valence-corrected chi connectivity index (χ2v) is 8.29. The Morgan fingerprint density at radius 3 is 2.05 bits per heavy atom. The zero-order chi connectivity index (χ0) is 15.7. The predicted octanol–water partition coefficient (Wildman–Crippen LogP) is 1.90. The van der Waals surface area contributed by atoms with Crippen LogP contribution in [-0.4, -0.2) is 16.8 Å². The molecule has 3 N–H and O–H groups in total. The molecule has 0 aliphatic heterocycles. The molecule has 0 unspecified atom stereocenters. The maximum Gasteiger partial charge on any atom is 0.261 e. The Hall–Kier alpha value is -1.42. The predicted molar refractivity (Wildman–Crippen MR) is 82.8 cm³/mol. The molecule has 0 aromatic heterocycles. The van der Waals surface area contributed by atoms with Crippen molar-refractivity contribution in [3.8, 4) is 0 Å². The standard InChI is InChI=1S/C12H11BrN2O4S2/c13-9-2-1-3-12(8-9)21(18,19)15-10-4-6-11(7-5-10)20(14,16)17/h1-8,15H,(H2,14,16,17). The van der Waals surface area contributed by atoms with E-state index in [4.69, 9.17) is 5.14 Å². The van der Waals surface area contributed by atoms with E-state index in [0.717, 1.165) is 0 Å².